The van der Waals surface area contributed by atoms with Gasteiger partial charge >= 0.3 is 0 Å². The molecule has 0 bridgehead atoms. The predicted octanol–water partition coefficient (Wildman–Crippen LogP) is 4.75. The fraction of sp³-hybridized carbons (Fsp3) is 0.467. The fourth-order valence-corrected chi connectivity index (χ4v) is 6.36. The Balaban J connectivity index is 1.25. The number of benzene rings is 2. The lowest BCUT2D eigenvalue weighted by Crippen LogP contribution is -2.52. The summed E-state index contributed by atoms with van der Waals surface area (Å²) in [5.74, 6) is 1.92. The molecule has 10 heteroatoms. The van der Waals surface area contributed by atoms with E-state index in [1.165, 1.54) is 44.7 Å². The van der Waals surface area contributed by atoms with Crippen molar-refractivity contribution in [2.75, 3.05) is 82.3 Å². The maximum Gasteiger partial charge on any atom is 0.229 e. The van der Waals surface area contributed by atoms with Gasteiger partial charge in [-0.3, -0.25) is 4.90 Å². The minimum absolute atomic E-state index is 0.472. The highest BCUT2D eigenvalue weighted by molar-refractivity contribution is 7.70. The van der Waals surface area contributed by atoms with Gasteiger partial charge in [0.05, 0.1) is 12.8 Å². The highest BCUT2D eigenvalue weighted by atomic mass is 31.2. The van der Waals surface area contributed by atoms with Crippen molar-refractivity contribution in [3.05, 3.63) is 54.2 Å². The number of aryl methyl sites for hydroxylation is 1. The van der Waals surface area contributed by atoms with Crippen LogP contribution in [-0.4, -0.2) is 92.6 Å². The van der Waals surface area contributed by atoms with E-state index in [1.54, 1.807) is 26.6 Å². The summed E-state index contributed by atoms with van der Waals surface area (Å²) in [6.45, 7) is 12.3. The van der Waals surface area contributed by atoms with E-state index in [0.29, 0.717) is 17.8 Å². The quantitative estimate of drug-likeness (QED) is 0.377. The van der Waals surface area contributed by atoms with E-state index in [1.807, 2.05) is 37.3 Å². The lowest BCUT2D eigenvalue weighted by atomic mass is 10.0. The van der Waals surface area contributed by atoms with Crippen LogP contribution in [0.4, 0.5) is 28.8 Å². The van der Waals surface area contributed by atoms with E-state index in [4.69, 9.17) is 9.72 Å². The molecule has 0 aliphatic carbocycles. The number of aromatic nitrogens is 2. The molecule has 2 aromatic carbocycles. The van der Waals surface area contributed by atoms with Gasteiger partial charge < -0.3 is 29.7 Å². The normalized spacial score (nSPS) is 17.6. The summed E-state index contributed by atoms with van der Waals surface area (Å²) in [6, 6.07) is 14.7. The Labute approximate surface area is 238 Å². The van der Waals surface area contributed by atoms with Gasteiger partial charge in [-0.15, -0.1) is 0 Å². The molecule has 0 spiro atoms. The first-order valence-electron chi connectivity index (χ1n) is 14.1. The van der Waals surface area contributed by atoms with Crippen molar-refractivity contribution in [1.82, 2.24) is 19.8 Å². The molecule has 0 radical (unpaired) electrons. The molecule has 214 valence electrons. The highest BCUT2D eigenvalue weighted by Gasteiger charge is 2.27. The van der Waals surface area contributed by atoms with Gasteiger partial charge in [-0.2, -0.15) is 4.98 Å². The van der Waals surface area contributed by atoms with Crippen LogP contribution in [0.2, 0.25) is 0 Å². The zero-order chi connectivity index (χ0) is 28.3. The second-order valence-corrected chi connectivity index (χ2v) is 14.5. The molecule has 0 amide bonds. The van der Waals surface area contributed by atoms with Crippen LogP contribution < -0.4 is 25.6 Å². The van der Waals surface area contributed by atoms with Crippen molar-refractivity contribution in [2.24, 2.45) is 0 Å². The molecule has 3 aromatic rings. The van der Waals surface area contributed by atoms with Crippen LogP contribution in [0.3, 0.4) is 0 Å². The number of piperidine rings is 1. The van der Waals surface area contributed by atoms with E-state index < -0.39 is 7.14 Å². The third-order valence-electron chi connectivity index (χ3n) is 8.02. The molecule has 2 aliphatic rings. The van der Waals surface area contributed by atoms with Crippen molar-refractivity contribution in [3.8, 4) is 5.75 Å². The molecule has 0 saturated carbocycles. The molecule has 2 aliphatic heterocycles. The summed E-state index contributed by atoms with van der Waals surface area (Å²) in [5, 5.41) is 7.53. The van der Waals surface area contributed by atoms with Gasteiger partial charge in [0, 0.05) is 79.8 Å². The third-order valence-corrected chi connectivity index (χ3v) is 9.54. The second-order valence-electron chi connectivity index (χ2n) is 11.3. The SMILES string of the molecule is COc1cc(N2CCC(N3CCN(C)CC3)CC2)ccc1Nc1ncc(C)c(Nc2cccc(P(C)(C)=O)c2)n1. The maximum absolute atomic E-state index is 12.5. The monoisotopic (exact) mass is 563 g/mol. The van der Waals surface area contributed by atoms with Crippen molar-refractivity contribution in [3.63, 3.8) is 0 Å². The number of hydrogen-bond donors (Lipinski definition) is 2. The van der Waals surface area contributed by atoms with E-state index >= 15 is 0 Å². The number of anilines is 5. The Kier molecular flexibility index (Phi) is 8.64. The first kappa shape index (κ1) is 28.4. The summed E-state index contributed by atoms with van der Waals surface area (Å²) < 4.78 is 18.3. The lowest BCUT2D eigenvalue weighted by Gasteiger charge is -2.42. The zero-order valence-electron chi connectivity index (χ0n) is 24.4. The summed E-state index contributed by atoms with van der Waals surface area (Å²) >= 11 is 0. The summed E-state index contributed by atoms with van der Waals surface area (Å²) in [5.41, 5.74) is 3.74. The fourth-order valence-electron chi connectivity index (χ4n) is 5.46. The van der Waals surface area contributed by atoms with Crippen molar-refractivity contribution in [2.45, 2.75) is 25.8 Å². The first-order chi connectivity index (χ1) is 19.2. The molecule has 1 aromatic heterocycles. The van der Waals surface area contributed by atoms with Crippen LogP contribution in [-0.2, 0) is 4.57 Å². The molecule has 0 unspecified atom stereocenters. The smallest absolute Gasteiger partial charge is 0.229 e. The van der Waals surface area contributed by atoms with Gasteiger partial charge in [0.25, 0.3) is 0 Å². The lowest BCUT2D eigenvalue weighted by molar-refractivity contribution is 0.0982. The van der Waals surface area contributed by atoms with E-state index in [0.717, 1.165) is 41.1 Å². The number of piperazine rings is 1. The van der Waals surface area contributed by atoms with E-state index in [2.05, 4.69) is 49.5 Å². The number of nitrogens with zero attached hydrogens (tertiary/aromatic N) is 5. The van der Waals surface area contributed by atoms with E-state index in [9.17, 15) is 4.57 Å². The largest absolute Gasteiger partial charge is 0.494 e. The first-order valence-corrected chi connectivity index (χ1v) is 16.7. The number of methoxy groups -OCH3 is 1. The number of hydrogen-bond acceptors (Lipinski definition) is 9. The summed E-state index contributed by atoms with van der Waals surface area (Å²) in [6.07, 6.45) is 4.17. The molecular weight excluding hydrogens is 521 g/mol. The van der Waals surface area contributed by atoms with Crippen LogP contribution in [0.25, 0.3) is 0 Å². The summed E-state index contributed by atoms with van der Waals surface area (Å²) in [7, 11) is 1.55. The molecule has 2 N–H and O–H groups in total. The summed E-state index contributed by atoms with van der Waals surface area (Å²) in [4.78, 5) is 16.8. The van der Waals surface area contributed by atoms with Gasteiger partial charge in [0.2, 0.25) is 5.95 Å². The van der Waals surface area contributed by atoms with Crippen LogP contribution >= 0.6 is 7.14 Å². The van der Waals surface area contributed by atoms with Crippen molar-refractivity contribution >= 4 is 41.3 Å². The molecule has 5 rings (SSSR count). The molecule has 2 saturated heterocycles. The Morgan fingerprint density at radius 1 is 0.975 bits per heavy atom. The molecule has 2 fully saturated rings. The topological polar surface area (TPSA) is 85.9 Å². The molecule has 0 atom stereocenters. The maximum atomic E-state index is 12.5. The average Bonchev–Trinajstić information content (AvgIpc) is 2.95. The molecule has 3 heterocycles. The molecular formula is C30H42N7O2P. The number of rotatable bonds is 8. The van der Waals surface area contributed by atoms with Crippen molar-refractivity contribution in [1.29, 1.82) is 0 Å². The number of ether oxygens (including phenoxy) is 1. The standard InChI is InChI=1S/C30H42N7O2P/c1-22-21-31-30(34-29(22)32-23-7-6-8-26(19-23)40(4,5)38)33-27-10-9-25(20-28(27)39-3)36-13-11-24(12-14-36)37-17-15-35(2)16-18-37/h6-10,19-21,24H,11-18H2,1-5H3,(H2,31,32,33,34). The van der Waals surface area contributed by atoms with Crippen molar-refractivity contribution < 1.29 is 9.30 Å². The van der Waals surface area contributed by atoms with Gasteiger partial charge in [0.15, 0.2) is 0 Å². The van der Waals surface area contributed by atoms with Crippen LogP contribution in [0, 0.1) is 6.92 Å². The van der Waals surface area contributed by atoms with Crippen LogP contribution in [0.5, 0.6) is 5.75 Å². The van der Waals surface area contributed by atoms with Gasteiger partial charge in [-0.1, -0.05) is 12.1 Å². The Morgan fingerprint density at radius 3 is 2.42 bits per heavy atom. The Morgan fingerprint density at radius 2 is 1.73 bits per heavy atom. The third kappa shape index (κ3) is 6.77. The number of nitrogens with one attached hydrogen (secondary N) is 2. The van der Waals surface area contributed by atoms with Gasteiger partial charge in [-0.05, 0) is 64.4 Å². The van der Waals surface area contributed by atoms with E-state index in [-0.39, 0.29) is 0 Å². The minimum Gasteiger partial charge on any atom is -0.494 e. The Hall–Kier alpha value is -3.13. The van der Waals surface area contributed by atoms with Crippen LogP contribution in [0.1, 0.15) is 18.4 Å². The Bertz CT molecular complexity index is 1360. The second kappa shape index (κ2) is 12.2. The highest BCUT2D eigenvalue weighted by Crippen LogP contribution is 2.36. The molecule has 40 heavy (non-hydrogen) atoms. The van der Waals surface area contributed by atoms with Gasteiger partial charge in [0.1, 0.15) is 18.7 Å². The predicted molar refractivity (Wildman–Crippen MR) is 166 cm³/mol. The van der Waals surface area contributed by atoms with Gasteiger partial charge in [-0.25, -0.2) is 4.98 Å². The zero-order valence-corrected chi connectivity index (χ0v) is 25.2. The average molecular weight is 564 g/mol. The molecule has 9 nitrogen and oxygen atoms in total. The van der Waals surface area contributed by atoms with Crippen LogP contribution in [0.15, 0.2) is 48.7 Å². The minimum atomic E-state index is -2.36. The number of likely N-dealkylation sites (N-methyl/N-ethyl adjacent to an activating group) is 1.